The quantitative estimate of drug-likeness (QED) is 0.699. The number of fused-ring (bicyclic) bond motifs is 1. The molecule has 0 aromatic heterocycles. The molecule has 4 heteroatoms. The summed E-state index contributed by atoms with van der Waals surface area (Å²) in [4.78, 5) is 14.1. The monoisotopic (exact) mass is 224 g/mol. The zero-order chi connectivity index (χ0) is 11.1. The van der Waals surface area contributed by atoms with E-state index in [9.17, 15) is 4.79 Å². The Kier molecular flexibility index (Phi) is 2.64. The summed E-state index contributed by atoms with van der Waals surface area (Å²) in [5, 5.41) is 0. The van der Waals surface area contributed by atoms with Crippen LogP contribution in [-0.2, 0) is 9.53 Å². The smallest absolute Gasteiger partial charge is 0.251 e. The van der Waals surface area contributed by atoms with Crippen molar-refractivity contribution in [3.8, 4) is 0 Å². The van der Waals surface area contributed by atoms with E-state index in [-0.39, 0.29) is 12.0 Å². The van der Waals surface area contributed by atoms with E-state index in [2.05, 4.69) is 0 Å². The Hall–Kier alpha value is -0.610. The van der Waals surface area contributed by atoms with Gasteiger partial charge in [0.05, 0.1) is 0 Å². The van der Waals surface area contributed by atoms with Crippen molar-refractivity contribution < 1.29 is 9.53 Å². The number of rotatable bonds is 1. The van der Waals surface area contributed by atoms with Gasteiger partial charge in [0.2, 0.25) is 0 Å². The highest BCUT2D eigenvalue weighted by atomic mass is 16.5. The maximum Gasteiger partial charge on any atom is 0.251 e. The van der Waals surface area contributed by atoms with Gasteiger partial charge in [0.1, 0.15) is 6.10 Å². The van der Waals surface area contributed by atoms with Crippen molar-refractivity contribution in [3.05, 3.63) is 0 Å². The normalized spacial score (nSPS) is 42.7. The second-order valence-corrected chi connectivity index (χ2v) is 5.41. The molecule has 2 N–H and O–H groups in total. The highest BCUT2D eigenvalue weighted by Gasteiger charge is 2.44. The van der Waals surface area contributed by atoms with E-state index in [1.165, 1.54) is 6.42 Å². The first kappa shape index (κ1) is 10.5. The molecule has 0 aromatic rings. The minimum atomic E-state index is -0.157. The molecule has 2 aliphatic heterocycles. The largest absolute Gasteiger partial charge is 0.368 e. The van der Waals surface area contributed by atoms with Gasteiger partial charge in [0, 0.05) is 25.7 Å². The van der Waals surface area contributed by atoms with Crippen LogP contribution in [0.15, 0.2) is 0 Å². The van der Waals surface area contributed by atoms with Gasteiger partial charge in [-0.3, -0.25) is 4.79 Å². The van der Waals surface area contributed by atoms with Crippen molar-refractivity contribution in [2.24, 2.45) is 17.6 Å². The number of ether oxygens (including phenoxy) is 1. The summed E-state index contributed by atoms with van der Waals surface area (Å²) in [6.07, 6.45) is 4.10. The average Bonchev–Trinajstić information content (AvgIpc) is 2.96. The van der Waals surface area contributed by atoms with Crippen LogP contribution in [-0.4, -0.2) is 42.6 Å². The number of hydrogen-bond acceptors (Lipinski definition) is 3. The van der Waals surface area contributed by atoms with E-state index < -0.39 is 0 Å². The van der Waals surface area contributed by atoms with Crippen LogP contribution < -0.4 is 5.73 Å². The molecule has 16 heavy (non-hydrogen) atoms. The molecule has 1 amide bonds. The fourth-order valence-corrected chi connectivity index (χ4v) is 3.46. The lowest BCUT2D eigenvalue weighted by atomic mass is 9.98. The molecule has 90 valence electrons. The minimum Gasteiger partial charge on any atom is -0.368 e. The third kappa shape index (κ3) is 1.64. The molecule has 0 spiro atoms. The lowest BCUT2D eigenvalue weighted by Crippen LogP contribution is -2.39. The predicted molar refractivity (Wildman–Crippen MR) is 59.7 cm³/mol. The maximum atomic E-state index is 12.1. The molecule has 1 saturated carbocycles. The van der Waals surface area contributed by atoms with Gasteiger partial charge in [-0.2, -0.15) is 0 Å². The number of nitrogens with zero attached hydrogens (tertiary/aromatic N) is 1. The number of carbonyl (C=O) groups excluding carboxylic acids is 1. The molecular weight excluding hydrogens is 204 g/mol. The Labute approximate surface area is 96.1 Å². The number of carbonyl (C=O) groups is 1. The van der Waals surface area contributed by atoms with E-state index in [0.717, 1.165) is 39.0 Å². The standard InChI is InChI=1S/C12H20N2O2/c13-10-4-3-8-6-14(7-9(8)10)12(15)11-2-1-5-16-11/h8-11H,1-7,13H2/t8?,9?,10?,11-/m1/s1. The number of nitrogens with two attached hydrogens (primary N) is 1. The lowest BCUT2D eigenvalue weighted by Gasteiger charge is -2.21. The van der Waals surface area contributed by atoms with Crippen LogP contribution in [0, 0.1) is 11.8 Å². The number of amides is 1. The van der Waals surface area contributed by atoms with Gasteiger partial charge in [-0.15, -0.1) is 0 Å². The highest BCUT2D eigenvalue weighted by molar-refractivity contribution is 5.81. The van der Waals surface area contributed by atoms with Crippen LogP contribution in [0.1, 0.15) is 25.7 Å². The zero-order valence-corrected chi connectivity index (χ0v) is 9.60. The third-order valence-corrected chi connectivity index (χ3v) is 4.43. The Morgan fingerprint density at radius 3 is 2.81 bits per heavy atom. The topological polar surface area (TPSA) is 55.6 Å². The van der Waals surface area contributed by atoms with Gasteiger partial charge >= 0.3 is 0 Å². The predicted octanol–water partition coefficient (Wildman–Crippen LogP) is 0.361. The molecule has 3 rings (SSSR count). The molecule has 3 unspecified atom stereocenters. The molecule has 3 fully saturated rings. The van der Waals surface area contributed by atoms with E-state index >= 15 is 0 Å². The summed E-state index contributed by atoms with van der Waals surface area (Å²) < 4.78 is 5.45. The molecule has 2 saturated heterocycles. The van der Waals surface area contributed by atoms with Gasteiger partial charge in [-0.1, -0.05) is 0 Å². The van der Waals surface area contributed by atoms with Gasteiger partial charge in [-0.05, 0) is 37.5 Å². The van der Waals surface area contributed by atoms with Crippen molar-refractivity contribution in [1.82, 2.24) is 4.90 Å². The Bertz CT molecular complexity index is 289. The van der Waals surface area contributed by atoms with Crippen LogP contribution in [0.25, 0.3) is 0 Å². The van der Waals surface area contributed by atoms with E-state index in [0.29, 0.717) is 17.9 Å². The summed E-state index contributed by atoms with van der Waals surface area (Å²) in [7, 11) is 0. The summed E-state index contributed by atoms with van der Waals surface area (Å²) in [6.45, 7) is 2.53. The Balaban J connectivity index is 1.63. The molecule has 1 aliphatic carbocycles. The van der Waals surface area contributed by atoms with Crippen molar-refractivity contribution in [3.63, 3.8) is 0 Å². The van der Waals surface area contributed by atoms with E-state index in [4.69, 9.17) is 10.5 Å². The summed E-state index contributed by atoms with van der Waals surface area (Å²) in [6, 6.07) is 0.312. The average molecular weight is 224 g/mol. The van der Waals surface area contributed by atoms with E-state index in [1.807, 2.05) is 4.90 Å². The summed E-state index contributed by atoms with van der Waals surface area (Å²) in [5.74, 6) is 1.41. The molecule has 0 radical (unpaired) electrons. The maximum absolute atomic E-state index is 12.1. The fourth-order valence-electron chi connectivity index (χ4n) is 3.46. The van der Waals surface area contributed by atoms with E-state index in [1.54, 1.807) is 0 Å². The molecule has 2 heterocycles. The molecule has 4 atom stereocenters. The number of hydrogen-bond donors (Lipinski definition) is 1. The van der Waals surface area contributed by atoms with Gasteiger partial charge in [0.15, 0.2) is 0 Å². The fraction of sp³-hybridized carbons (Fsp3) is 0.917. The van der Waals surface area contributed by atoms with Crippen molar-refractivity contribution >= 4 is 5.91 Å². The van der Waals surface area contributed by atoms with Gasteiger partial charge in [-0.25, -0.2) is 0 Å². The first-order chi connectivity index (χ1) is 7.75. The molecule has 0 bridgehead atoms. The van der Waals surface area contributed by atoms with Crippen LogP contribution in [0.3, 0.4) is 0 Å². The number of likely N-dealkylation sites (tertiary alicyclic amines) is 1. The molecule has 4 nitrogen and oxygen atoms in total. The summed E-state index contributed by atoms with van der Waals surface area (Å²) >= 11 is 0. The SMILES string of the molecule is NC1CCC2CN(C(=O)[C@H]3CCCO3)CC12. The first-order valence-electron chi connectivity index (χ1n) is 6.41. The Morgan fingerprint density at radius 1 is 1.25 bits per heavy atom. The second kappa shape index (κ2) is 4.00. The molecular formula is C12H20N2O2. The van der Waals surface area contributed by atoms with Gasteiger partial charge in [0.25, 0.3) is 5.91 Å². The molecule has 0 aromatic carbocycles. The zero-order valence-electron chi connectivity index (χ0n) is 9.60. The minimum absolute atomic E-state index is 0.157. The van der Waals surface area contributed by atoms with Crippen molar-refractivity contribution in [2.45, 2.75) is 37.8 Å². The second-order valence-electron chi connectivity index (χ2n) is 5.41. The lowest BCUT2D eigenvalue weighted by molar-refractivity contribution is -0.140. The van der Waals surface area contributed by atoms with Crippen molar-refractivity contribution in [2.75, 3.05) is 19.7 Å². The van der Waals surface area contributed by atoms with Crippen LogP contribution >= 0.6 is 0 Å². The van der Waals surface area contributed by atoms with Crippen molar-refractivity contribution in [1.29, 1.82) is 0 Å². The Morgan fingerprint density at radius 2 is 2.12 bits per heavy atom. The molecule has 3 aliphatic rings. The van der Waals surface area contributed by atoms with Crippen LogP contribution in [0.5, 0.6) is 0 Å². The van der Waals surface area contributed by atoms with Crippen LogP contribution in [0.4, 0.5) is 0 Å². The highest BCUT2D eigenvalue weighted by Crippen LogP contribution is 2.37. The van der Waals surface area contributed by atoms with Crippen LogP contribution in [0.2, 0.25) is 0 Å². The summed E-state index contributed by atoms with van der Waals surface area (Å²) in [5.41, 5.74) is 6.07. The third-order valence-electron chi connectivity index (χ3n) is 4.43. The first-order valence-corrected chi connectivity index (χ1v) is 6.41. The van der Waals surface area contributed by atoms with Gasteiger partial charge < -0.3 is 15.4 Å².